The second kappa shape index (κ2) is 7.31. The molecule has 1 aliphatic carbocycles. The lowest BCUT2D eigenvalue weighted by molar-refractivity contribution is 0.733. The number of aromatic nitrogens is 2. The molecule has 1 fully saturated rings. The molecule has 1 aromatic rings. The number of anilines is 2. The topological polar surface area (TPSA) is 75.9 Å². The van der Waals surface area contributed by atoms with Crippen molar-refractivity contribution >= 4 is 23.4 Å². The number of hydrogen-bond acceptors (Lipinski definition) is 6. The van der Waals surface area contributed by atoms with Crippen LogP contribution in [0.25, 0.3) is 0 Å². The molecule has 6 heteroatoms. The van der Waals surface area contributed by atoms with Gasteiger partial charge in [0.1, 0.15) is 17.5 Å². The molecule has 1 aromatic heterocycles. The van der Waals surface area contributed by atoms with Crippen LogP contribution in [-0.2, 0) is 0 Å². The number of nitrogen functional groups attached to an aromatic ring is 1. The molecule has 2 atom stereocenters. The molecule has 118 valence electrons. The first kappa shape index (κ1) is 16.4. The highest BCUT2D eigenvalue weighted by Gasteiger charge is 2.25. The Bertz CT molecular complexity index is 477. The molecule has 0 aromatic carbocycles. The van der Waals surface area contributed by atoms with Crippen LogP contribution in [0, 0.1) is 6.92 Å². The van der Waals surface area contributed by atoms with Gasteiger partial charge >= 0.3 is 0 Å². The molecule has 21 heavy (non-hydrogen) atoms. The highest BCUT2D eigenvalue weighted by atomic mass is 32.2. The second-order valence-corrected chi connectivity index (χ2v) is 7.51. The molecule has 0 amide bonds. The average Bonchev–Trinajstić information content (AvgIpc) is 2.88. The van der Waals surface area contributed by atoms with Gasteiger partial charge in [-0.05, 0) is 31.9 Å². The van der Waals surface area contributed by atoms with Crippen molar-refractivity contribution in [2.24, 2.45) is 5.84 Å². The Morgan fingerprint density at radius 2 is 2.00 bits per heavy atom. The fourth-order valence-corrected chi connectivity index (χ4v) is 3.87. The molecule has 0 saturated heterocycles. The molecule has 1 saturated carbocycles. The third-order valence-corrected chi connectivity index (χ3v) is 5.18. The van der Waals surface area contributed by atoms with E-state index in [4.69, 9.17) is 10.8 Å². The maximum atomic E-state index is 5.59. The molecule has 2 unspecified atom stereocenters. The zero-order valence-electron chi connectivity index (χ0n) is 13.4. The van der Waals surface area contributed by atoms with Crippen LogP contribution in [0.5, 0.6) is 0 Å². The van der Waals surface area contributed by atoms with Crippen LogP contribution >= 0.6 is 11.8 Å². The van der Waals surface area contributed by atoms with E-state index in [1.165, 1.54) is 25.0 Å². The third-order valence-electron chi connectivity index (χ3n) is 3.94. The van der Waals surface area contributed by atoms with Gasteiger partial charge in [0.25, 0.3) is 0 Å². The normalized spacial score (nSPS) is 21.8. The van der Waals surface area contributed by atoms with Crippen molar-refractivity contribution in [2.45, 2.75) is 64.2 Å². The van der Waals surface area contributed by atoms with Crippen molar-refractivity contribution in [1.82, 2.24) is 9.97 Å². The summed E-state index contributed by atoms with van der Waals surface area (Å²) < 4.78 is 0. The van der Waals surface area contributed by atoms with Gasteiger partial charge in [0.05, 0.1) is 0 Å². The maximum Gasteiger partial charge on any atom is 0.148 e. The van der Waals surface area contributed by atoms with Gasteiger partial charge in [-0.2, -0.15) is 11.8 Å². The summed E-state index contributed by atoms with van der Waals surface area (Å²) in [5, 5.41) is 4.39. The first-order valence-electron chi connectivity index (χ1n) is 7.78. The number of hydrogen-bond donors (Lipinski definition) is 3. The van der Waals surface area contributed by atoms with Crippen molar-refractivity contribution < 1.29 is 0 Å². The monoisotopic (exact) mass is 309 g/mol. The Hall–Kier alpha value is -1.01. The number of hydrazine groups is 1. The first-order chi connectivity index (χ1) is 10.0. The van der Waals surface area contributed by atoms with E-state index < -0.39 is 0 Å². The van der Waals surface area contributed by atoms with Gasteiger partial charge in [-0.3, -0.25) is 0 Å². The van der Waals surface area contributed by atoms with Crippen LogP contribution in [0.3, 0.4) is 0 Å². The molecule has 2 rings (SSSR count). The van der Waals surface area contributed by atoms with E-state index in [2.05, 4.69) is 48.3 Å². The van der Waals surface area contributed by atoms with Gasteiger partial charge in [-0.1, -0.05) is 20.8 Å². The number of nitrogens with zero attached hydrogens (tertiary/aromatic N) is 2. The van der Waals surface area contributed by atoms with Crippen LogP contribution in [0.1, 0.15) is 57.3 Å². The minimum absolute atomic E-state index is 0.283. The molecule has 0 radical (unpaired) electrons. The summed E-state index contributed by atoms with van der Waals surface area (Å²) in [5.74, 6) is 9.54. The number of nitrogens with one attached hydrogen (secondary N) is 2. The summed E-state index contributed by atoms with van der Waals surface area (Å²) in [6.07, 6.45) is 3.72. The SMILES string of the molecule is CCSC1CCC(Nc2nc(C(C)C)nc(NN)c2C)C1. The molecular weight excluding hydrogens is 282 g/mol. The molecule has 1 aliphatic rings. The third kappa shape index (κ3) is 4.01. The zero-order valence-corrected chi connectivity index (χ0v) is 14.3. The molecule has 0 aliphatic heterocycles. The van der Waals surface area contributed by atoms with Crippen molar-refractivity contribution in [3.8, 4) is 0 Å². The summed E-state index contributed by atoms with van der Waals surface area (Å²) in [7, 11) is 0. The Kier molecular flexibility index (Phi) is 5.70. The predicted molar refractivity (Wildman–Crippen MR) is 91.8 cm³/mol. The standard InChI is InChI=1S/C15H27N5S/c1-5-21-12-7-6-11(8-12)17-14-10(4)15(20-16)19-13(18-14)9(2)3/h9,11-12H,5-8,16H2,1-4H3,(H2,17,18,19,20). The minimum atomic E-state index is 0.283. The van der Waals surface area contributed by atoms with Crippen molar-refractivity contribution in [3.05, 3.63) is 11.4 Å². The Balaban J connectivity index is 2.14. The number of thioether (sulfide) groups is 1. The molecule has 0 spiro atoms. The smallest absolute Gasteiger partial charge is 0.148 e. The highest BCUT2D eigenvalue weighted by Crippen LogP contribution is 2.32. The molecule has 5 nitrogen and oxygen atoms in total. The van der Waals surface area contributed by atoms with Gasteiger partial charge < -0.3 is 10.7 Å². The molecular formula is C15H27N5S. The first-order valence-corrected chi connectivity index (χ1v) is 8.83. The van der Waals surface area contributed by atoms with Gasteiger partial charge in [0.15, 0.2) is 0 Å². The summed E-state index contributed by atoms with van der Waals surface area (Å²) >= 11 is 2.07. The quantitative estimate of drug-likeness (QED) is 0.553. The summed E-state index contributed by atoms with van der Waals surface area (Å²) in [4.78, 5) is 9.17. The fourth-order valence-electron chi connectivity index (χ4n) is 2.72. The van der Waals surface area contributed by atoms with Crippen LogP contribution in [-0.4, -0.2) is 27.0 Å². The van der Waals surface area contributed by atoms with E-state index in [1.807, 2.05) is 6.92 Å². The lowest BCUT2D eigenvalue weighted by Crippen LogP contribution is -2.21. The largest absolute Gasteiger partial charge is 0.367 e. The van der Waals surface area contributed by atoms with Gasteiger partial charge in [-0.15, -0.1) is 0 Å². The number of rotatable bonds is 6. The fraction of sp³-hybridized carbons (Fsp3) is 0.733. The van der Waals surface area contributed by atoms with E-state index in [0.29, 0.717) is 11.9 Å². The highest BCUT2D eigenvalue weighted by molar-refractivity contribution is 7.99. The molecule has 4 N–H and O–H groups in total. The summed E-state index contributed by atoms with van der Waals surface area (Å²) in [5.41, 5.74) is 3.68. The van der Waals surface area contributed by atoms with Crippen molar-refractivity contribution in [1.29, 1.82) is 0 Å². The van der Waals surface area contributed by atoms with Crippen LogP contribution in [0.2, 0.25) is 0 Å². The minimum Gasteiger partial charge on any atom is -0.367 e. The van der Waals surface area contributed by atoms with E-state index in [0.717, 1.165) is 22.5 Å². The second-order valence-electron chi connectivity index (χ2n) is 5.93. The summed E-state index contributed by atoms with van der Waals surface area (Å²) in [6.45, 7) is 8.43. The van der Waals surface area contributed by atoms with E-state index >= 15 is 0 Å². The van der Waals surface area contributed by atoms with Gasteiger partial charge in [-0.25, -0.2) is 15.8 Å². The Morgan fingerprint density at radius 1 is 1.29 bits per heavy atom. The van der Waals surface area contributed by atoms with Gasteiger partial charge in [0, 0.05) is 22.8 Å². The molecule has 1 heterocycles. The zero-order chi connectivity index (χ0) is 15.4. The van der Waals surface area contributed by atoms with Crippen LogP contribution in [0.4, 0.5) is 11.6 Å². The Morgan fingerprint density at radius 3 is 2.62 bits per heavy atom. The number of nitrogens with two attached hydrogens (primary N) is 1. The predicted octanol–water partition coefficient (Wildman–Crippen LogP) is 3.28. The summed E-state index contributed by atoms with van der Waals surface area (Å²) in [6, 6.07) is 0.508. The van der Waals surface area contributed by atoms with Crippen LogP contribution < -0.4 is 16.6 Å². The molecule has 0 bridgehead atoms. The van der Waals surface area contributed by atoms with E-state index in [9.17, 15) is 0 Å². The lowest BCUT2D eigenvalue weighted by Gasteiger charge is -2.18. The van der Waals surface area contributed by atoms with Crippen molar-refractivity contribution in [3.63, 3.8) is 0 Å². The maximum absolute atomic E-state index is 5.59. The Labute approximate surface area is 131 Å². The van der Waals surface area contributed by atoms with E-state index in [-0.39, 0.29) is 5.92 Å². The lowest BCUT2D eigenvalue weighted by atomic mass is 10.2. The van der Waals surface area contributed by atoms with E-state index in [1.54, 1.807) is 0 Å². The van der Waals surface area contributed by atoms with Gasteiger partial charge in [0.2, 0.25) is 0 Å². The van der Waals surface area contributed by atoms with Crippen LogP contribution in [0.15, 0.2) is 0 Å². The van der Waals surface area contributed by atoms with Crippen molar-refractivity contribution in [2.75, 3.05) is 16.5 Å². The average molecular weight is 309 g/mol.